The minimum Gasteiger partial charge on any atom is -0.464 e. The molecule has 8 heteroatoms. The highest BCUT2D eigenvalue weighted by atomic mass is 35.5. The van der Waals surface area contributed by atoms with Crippen LogP contribution in [0.4, 0.5) is 9.18 Å². The van der Waals surface area contributed by atoms with Crippen LogP contribution in [-0.2, 0) is 19.0 Å². The van der Waals surface area contributed by atoms with Crippen LogP contribution in [0.1, 0.15) is 50.5 Å². The van der Waals surface area contributed by atoms with E-state index in [1.807, 2.05) is 60.7 Å². The normalized spacial score (nSPS) is 12.7. The van der Waals surface area contributed by atoms with Gasteiger partial charge in [0.25, 0.3) is 0 Å². The summed E-state index contributed by atoms with van der Waals surface area (Å²) < 4.78 is 30.8. The summed E-state index contributed by atoms with van der Waals surface area (Å²) in [5.74, 6) is -1.49. The molecule has 194 valence electrons. The number of ether oxygens (including phenoxy) is 3. The van der Waals surface area contributed by atoms with Crippen molar-refractivity contribution in [1.29, 1.82) is 0 Å². The van der Waals surface area contributed by atoms with E-state index >= 15 is 0 Å². The van der Waals surface area contributed by atoms with Crippen molar-refractivity contribution in [3.8, 4) is 0 Å². The second-order valence-electron chi connectivity index (χ2n) is 9.08. The topological polar surface area (TPSA) is 74.2 Å². The van der Waals surface area contributed by atoms with E-state index in [0.29, 0.717) is 5.71 Å². The highest BCUT2D eigenvalue weighted by molar-refractivity contribution is 6.30. The summed E-state index contributed by atoms with van der Waals surface area (Å²) >= 11 is 5.89. The Morgan fingerprint density at radius 1 is 0.946 bits per heavy atom. The maximum absolute atomic E-state index is 14.5. The number of nitrogens with zero attached hydrogens (tertiary/aromatic N) is 1. The van der Waals surface area contributed by atoms with Gasteiger partial charge in [-0.15, -0.1) is 0 Å². The van der Waals surface area contributed by atoms with Gasteiger partial charge in [-0.2, -0.15) is 0 Å². The lowest BCUT2D eigenvalue weighted by molar-refractivity contribution is -0.148. The number of esters is 1. The van der Waals surface area contributed by atoms with Crippen LogP contribution >= 0.6 is 11.6 Å². The van der Waals surface area contributed by atoms with Crippen molar-refractivity contribution in [2.75, 3.05) is 6.61 Å². The van der Waals surface area contributed by atoms with Crippen LogP contribution in [0.15, 0.2) is 83.9 Å². The lowest BCUT2D eigenvalue weighted by Gasteiger charge is -2.26. The van der Waals surface area contributed by atoms with Crippen LogP contribution in [-0.4, -0.2) is 36.1 Å². The third kappa shape index (κ3) is 7.89. The van der Waals surface area contributed by atoms with Crippen molar-refractivity contribution in [3.05, 3.63) is 106 Å². The average molecular weight is 526 g/mol. The zero-order valence-corrected chi connectivity index (χ0v) is 21.9. The van der Waals surface area contributed by atoms with Gasteiger partial charge in [-0.25, -0.2) is 14.0 Å². The van der Waals surface area contributed by atoms with Gasteiger partial charge >= 0.3 is 12.1 Å². The van der Waals surface area contributed by atoms with E-state index in [2.05, 4.69) is 0 Å². The number of benzene rings is 3. The lowest BCUT2D eigenvalue weighted by atomic mass is 9.99. The molecule has 0 N–H and O–H groups in total. The predicted molar refractivity (Wildman–Crippen MR) is 140 cm³/mol. The Bertz CT molecular complexity index is 1200. The number of halogens is 2. The zero-order valence-electron chi connectivity index (χ0n) is 21.1. The smallest absolute Gasteiger partial charge is 0.464 e. The second-order valence-corrected chi connectivity index (χ2v) is 9.49. The number of carbonyl (C=O) groups excluding carboxylic acids is 2. The first-order valence-electron chi connectivity index (χ1n) is 11.8. The summed E-state index contributed by atoms with van der Waals surface area (Å²) in [4.78, 5) is 30.8. The number of rotatable bonds is 8. The molecule has 2 atom stereocenters. The molecule has 3 rings (SSSR count). The van der Waals surface area contributed by atoms with Crippen LogP contribution in [0.2, 0.25) is 5.02 Å². The van der Waals surface area contributed by atoms with E-state index in [1.165, 1.54) is 12.1 Å². The maximum atomic E-state index is 14.5. The molecule has 0 bridgehead atoms. The molecule has 0 aliphatic rings. The number of carbonyl (C=O) groups is 2. The van der Waals surface area contributed by atoms with Crippen LogP contribution in [0, 0.1) is 5.82 Å². The standard InChI is InChI=1S/C29H29ClFNO5/c1-5-35-27(33)25(32-24(19-12-8-6-9-13-19)20-14-10-7-11-15-20)26(36-28(34)37-29(2,3)4)21-16-17-22(30)23(31)18-21/h6-18,25-26H,5H2,1-4H3/t25-,26+/m1/s1. The molecular weight excluding hydrogens is 497 g/mol. The van der Waals surface area contributed by atoms with E-state index < -0.39 is 35.7 Å². The van der Waals surface area contributed by atoms with Crippen molar-refractivity contribution in [2.45, 2.75) is 45.4 Å². The number of aliphatic imine (C=N–C) groups is 1. The van der Waals surface area contributed by atoms with Gasteiger partial charge in [0.2, 0.25) is 0 Å². The fourth-order valence-corrected chi connectivity index (χ4v) is 3.62. The third-order valence-corrected chi connectivity index (χ3v) is 5.37. The van der Waals surface area contributed by atoms with Gasteiger partial charge in [0.15, 0.2) is 12.1 Å². The Morgan fingerprint density at radius 2 is 1.51 bits per heavy atom. The molecule has 0 spiro atoms. The third-order valence-electron chi connectivity index (χ3n) is 5.06. The number of hydrogen-bond acceptors (Lipinski definition) is 6. The van der Waals surface area contributed by atoms with Crippen LogP contribution in [0.5, 0.6) is 0 Å². The Kier molecular flexibility index (Phi) is 9.42. The largest absolute Gasteiger partial charge is 0.509 e. The molecule has 0 aromatic heterocycles. The Balaban J connectivity index is 2.20. The second kappa shape index (κ2) is 12.5. The molecule has 0 amide bonds. The quantitative estimate of drug-likeness (QED) is 0.235. The summed E-state index contributed by atoms with van der Waals surface area (Å²) in [5, 5.41) is -0.120. The van der Waals surface area contributed by atoms with E-state index in [-0.39, 0.29) is 17.2 Å². The molecule has 0 heterocycles. The molecule has 3 aromatic carbocycles. The summed E-state index contributed by atoms with van der Waals surface area (Å²) in [6, 6.07) is 21.0. The summed E-state index contributed by atoms with van der Waals surface area (Å²) in [6.45, 7) is 6.74. The first-order chi connectivity index (χ1) is 17.6. The van der Waals surface area contributed by atoms with Crippen LogP contribution in [0.3, 0.4) is 0 Å². The minimum absolute atomic E-state index is 0.0605. The van der Waals surface area contributed by atoms with Gasteiger partial charge < -0.3 is 14.2 Å². The van der Waals surface area contributed by atoms with Crippen molar-refractivity contribution in [2.24, 2.45) is 4.99 Å². The average Bonchev–Trinajstić information content (AvgIpc) is 2.85. The molecule has 3 aromatic rings. The van der Waals surface area contributed by atoms with Crippen molar-refractivity contribution in [3.63, 3.8) is 0 Å². The first-order valence-corrected chi connectivity index (χ1v) is 12.2. The molecule has 0 aliphatic heterocycles. The summed E-state index contributed by atoms with van der Waals surface area (Å²) in [5.41, 5.74) is 1.21. The van der Waals surface area contributed by atoms with E-state index in [1.54, 1.807) is 27.7 Å². The summed E-state index contributed by atoms with van der Waals surface area (Å²) in [6.07, 6.45) is -2.42. The molecule has 0 aliphatic carbocycles. The van der Waals surface area contributed by atoms with Crippen molar-refractivity contribution >= 4 is 29.4 Å². The van der Waals surface area contributed by atoms with Crippen LogP contribution in [0.25, 0.3) is 0 Å². The van der Waals surface area contributed by atoms with E-state index in [9.17, 15) is 14.0 Å². The molecule has 37 heavy (non-hydrogen) atoms. The molecule has 0 unspecified atom stereocenters. The fourth-order valence-electron chi connectivity index (χ4n) is 3.50. The molecule has 0 saturated heterocycles. The molecule has 0 fully saturated rings. The zero-order chi connectivity index (χ0) is 27.0. The SMILES string of the molecule is CCOC(=O)[C@H](N=C(c1ccccc1)c1ccccc1)[C@@H](OC(=O)OC(C)(C)C)c1ccc(Cl)c(F)c1. The van der Waals surface area contributed by atoms with Gasteiger partial charge in [-0.3, -0.25) is 4.99 Å². The van der Waals surface area contributed by atoms with Gasteiger partial charge in [-0.1, -0.05) is 78.3 Å². The van der Waals surface area contributed by atoms with Crippen molar-refractivity contribution in [1.82, 2.24) is 0 Å². The Hall–Kier alpha value is -3.71. The highest BCUT2D eigenvalue weighted by Crippen LogP contribution is 2.30. The molecule has 0 radical (unpaired) electrons. The Morgan fingerprint density at radius 3 is 2.00 bits per heavy atom. The van der Waals surface area contributed by atoms with E-state index in [4.69, 9.17) is 30.8 Å². The van der Waals surface area contributed by atoms with E-state index in [0.717, 1.165) is 17.2 Å². The van der Waals surface area contributed by atoms with Gasteiger partial charge in [-0.05, 0) is 45.4 Å². The van der Waals surface area contributed by atoms with Gasteiger partial charge in [0.05, 0.1) is 17.3 Å². The Labute approximate surface area is 221 Å². The molecular formula is C29H29ClFNO5. The fraction of sp³-hybridized carbons (Fsp3) is 0.276. The van der Waals surface area contributed by atoms with Crippen LogP contribution < -0.4 is 0 Å². The highest BCUT2D eigenvalue weighted by Gasteiger charge is 2.36. The van der Waals surface area contributed by atoms with Gasteiger partial charge in [0.1, 0.15) is 11.4 Å². The van der Waals surface area contributed by atoms with Gasteiger partial charge in [0, 0.05) is 11.1 Å². The lowest BCUT2D eigenvalue weighted by Crippen LogP contribution is -2.34. The van der Waals surface area contributed by atoms with Crippen molar-refractivity contribution < 1.29 is 28.2 Å². The summed E-state index contributed by atoms with van der Waals surface area (Å²) in [7, 11) is 0. The minimum atomic E-state index is -1.39. The maximum Gasteiger partial charge on any atom is 0.509 e. The molecule has 6 nitrogen and oxygen atoms in total. The monoisotopic (exact) mass is 525 g/mol. The first kappa shape index (κ1) is 27.9. The number of hydrogen-bond donors (Lipinski definition) is 0. The predicted octanol–water partition coefficient (Wildman–Crippen LogP) is 6.94. The molecule has 0 saturated carbocycles.